The SMILES string of the molecule is Cc1ccc(S(=O)(=O)N2N=N[C@@H]3[C@H]4C[C@@H]([C@@H]5CC=C[C@H]54)[C@H]32)cc1. The molecular formula is C17H19N3O2S. The normalized spacial score (nSPS) is 40.0. The molecule has 0 amide bonds. The molecule has 6 heteroatoms. The molecule has 0 saturated heterocycles. The second kappa shape index (κ2) is 4.44. The van der Waals surface area contributed by atoms with Crippen molar-refractivity contribution >= 4 is 10.0 Å². The van der Waals surface area contributed by atoms with Gasteiger partial charge in [-0.25, -0.2) is 0 Å². The number of sulfonamides is 1. The van der Waals surface area contributed by atoms with Gasteiger partial charge in [0.05, 0.1) is 17.0 Å². The van der Waals surface area contributed by atoms with E-state index in [1.165, 1.54) is 4.41 Å². The summed E-state index contributed by atoms with van der Waals surface area (Å²) in [5, 5.41) is 8.47. The number of nitrogens with zero attached hydrogens (tertiary/aromatic N) is 3. The molecule has 5 rings (SSSR count). The highest BCUT2D eigenvalue weighted by Gasteiger charge is 2.63. The van der Waals surface area contributed by atoms with E-state index < -0.39 is 10.0 Å². The van der Waals surface area contributed by atoms with Crippen LogP contribution in [0.4, 0.5) is 0 Å². The molecule has 2 fully saturated rings. The predicted molar refractivity (Wildman–Crippen MR) is 85.0 cm³/mol. The van der Waals surface area contributed by atoms with Gasteiger partial charge < -0.3 is 0 Å². The number of aryl methyl sites for hydroxylation is 1. The molecule has 2 saturated carbocycles. The Labute approximate surface area is 136 Å². The Kier molecular flexibility index (Phi) is 2.65. The average Bonchev–Trinajstić information content (AvgIpc) is 3.25. The van der Waals surface area contributed by atoms with Gasteiger partial charge in [-0.1, -0.05) is 35.1 Å². The molecule has 3 aliphatic carbocycles. The third-order valence-corrected chi connectivity index (χ3v) is 7.85. The lowest BCUT2D eigenvalue weighted by Crippen LogP contribution is -2.46. The number of allylic oxidation sites excluding steroid dienone is 2. The lowest BCUT2D eigenvalue weighted by atomic mass is 9.77. The van der Waals surface area contributed by atoms with Gasteiger partial charge in [0.15, 0.2) is 0 Å². The van der Waals surface area contributed by atoms with E-state index in [0.29, 0.717) is 28.6 Å². The Morgan fingerprint density at radius 2 is 1.91 bits per heavy atom. The third kappa shape index (κ3) is 1.70. The minimum absolute atomic E-state index is 0.0456. The Bertz CT molecular complexity index is 815. The van der Waals surface area contributed by atoms with Crippen molar-refractivity contribution in [2.75, 3.05) is 0 Å². The number of benzene rings is 1. The largest absolute Gasteiger partial charge is 0.280 e. The number of hydrogen-bond acceptors (Lipinski definition) is 4. The molecule has 0 aromatic heterocycles. The van der Waals surface area contributed by atoms with Crippen molar-refractivity contribution < 1.29 is 8.42 Å². The predicted octanol–water partition coefficient (Wildman–Crippen LogP) is 2.95. The van der Waals surface area contributed by atoms with Gasteiger partial charge in [0.2, 0.25) is 0 Å². The van der Waals surface area contributed by atoms with Gasteiger partial charge in [-0.15, -0.1) is 0 Å². The molecule has 1 heterocycles. The number of fused-ring (bicyclic) bond motifs is 8. The van der Waals surface area contributed by atoms with Crippen LogP contribution in [-0.4, -0.2) is 24.9 Å². The Hall–Kier alpha value is -1.69. The van der Waals surface area contributed by atoms with Gasteiger partial charge in [-0.05, 0) is 55.6 Å². The maximum Gasteiger partial charge on any atom is 0.280 e. The van der Waals surface area contributed by atoms with Crippen molar-refractivity contribution in [3.05, 3.63) is 42.0 Å². The number of rotatable bonds is 2. The summed E-state index contributed by atoms with van der Waals surface area (Å²) >= 11 is 0. The molecule has 5 nitrogen and oxygen atoms in total. The Morgan fingerprint density at radius 3 is 2.70 bits per heavy atom. The quantitative estimate of drug-likeness (QED) is 0.783. The van der Waals surface area contributed by atoms with Crippen molar-refractivity contribution in [3.63, 3.8) is 0 Å². The smallest absolute Gasteiger partial charge is 0.200 e. The van der Waals surface area contributed by atoms with Crippen LogP contribution >= 0.6 is 0 Å². The maximum atomic E-state index is 13.0. The maximum absolute atomic E-state index is 13.0. The van der Waals surface area contributed by atoms with Crippen LogP contribution in [0, 0.1) is 30.6 Å². The number of hydrogen-bond donors (Lipinski definition) is 0. The zero-order valence-electron chi connectivity index (χ0n) is 12.9. The van der Waals surface area contributed by atoms with E-state index in [-0.39, 0.29) is 12.1 Å². The summed E-state index contributed by atoms with van der Waals surface area (Å²) < 4.78 is 27.3. The fraction of sp³-hybridized carbons (Fsp3) is 0.529. The van der Waals surface area contributed by atoms with E-state index in [1.54, 1.807) is 12.1 Å². The molecule has 0 radical (unpaired) electrons. The van der Waals surface area contributed by atoms with Crippen LogP contribution in [0.3, 0.4) is 0 Å². The van der Waals surface area contributed by atoms with Crippen LogP contribution in [0.5, 0.6) is 0 Å². The van der Waals surface area contributed by atoms with E-state index in [2.05, 4.69) is 22.5 Å². The van der Waals surface area contributed by atoms with Crippen LogP contribution in [0.25, 0.3) is 0 Å². The van der Waals surface area contributed by atoms with Gasteiger partial charge in [0, 0.05) is 0 Å². The first-order valence-corrected chi connectivity index (χ1v) is 9.70. The van der Waals surface area contributed by atoms with Gasteiger partial charge in [0.1, 0.15) is 0 Å². The second-order valence-electron chi connectivity index (χ2n) is 7.25. The standard InChI is InChI=1S/C17H19N3O2S/c1-10-5-7-11(8-6-10)23(21,22)20-17-15-9-14(16(17)18-19-20)12-3-2-4-13(12)15/h2-3,5-8,12-17H,4,9H2,1H3/t12-,13-,14+,15+,16-,17-/m1/s1. The topological polar surface area (TPSA) is 62.1 Å². The highest BCUT2D eigenvalue weighted by Crippen LogP contribution is 2.60. The van der Waals surface area contributed by atoms with E-state index >= 15 is 0 Å². The molecule has 1 aromatic carbocycles. The molecule has 120 valence electrons. The highest BCUT2D eigenvalue weighted by atomic mass is 32.2. The van der Waals surface area contributed by atoms with Crippen molar-refractivity contribution in [3.8, 4) is 0 Å². The summed E-state index contributed by atoms with van der Waals surface area (Å²) in [6.07, 6.45) is 6.74. The molecule has 1 aliphatic heterocycles. The summed E-state index contributed by atoms with van der Waals surface area (Å²) in [4.78, 5) is 0.312. The van der Waals surface area contributed by atoms with E-state index in [0.717, 1.165) is 18.4 Å². The van der Waals surface area contributed by atoms with Crippen molar-refractivity contribution in [2.24, 2.45) is 34.0 Å². The highest BCUT2D eigenvalue weighted by molar-refractivity contribution is 7.89. The fourth-order valence-electron chi connectivity index (χ4n) is 5.17. The summed E-state index contributed by atoms with van der Waals surface area (Å²) in [6.45, 7) is 1.95. The minimum atomic E-state index is -3.61. The van der Waals surface area contributed by atoms with Crippen LogP contribution in [0.2, 0.25) is 0 Å². The molecule has 0 unspecified atom stereocenters. The molecule has 1 aromatic rings. The molecule has 0 N–H and O–H groups in total. The Morgan fingerprint density at radius 1 is 1.13 bits per heavy atom. The minimum Gasteiger partial charge on any atom is -0.200 e. The lowest BCUT2D eigenvalue weighted by molar-refractivity contribution is 0.177. The average molecular weight is 329 g/mol. The van der Waals surface area contributed by atoms with Crippen molar-refractivity contribution in [1.29, 1.82) is 0 Å². The molecule has 6 atom stereocenters. The monoisotopic (exact) mass is 329 g/mol. The van der Waals surface area contributed by atoms with Crippen LogP contribution in [0.1, 0.15) is 18.4 Å². The molecule has 23 heavy (non-hydrogen) atoms. The van der Waals surface area contributed by atoms with E-state index in [1.807, 2.05) is 19.1 Å². The molecule has 0 spiro atoms. The fourth-order valence-corrected chi connectivity index (χ4v) is 6.61. The van der Waals surface area contributed by atoms with E-state index in [4.69, 9.17) is 0 Å². The first kappa shape index (κ1) is 13.7. The van der Waals surface area contributed by atoms with Crippen molar-refractivity contribution in [2.45, 2.75) is 36.7 Å². The van der Waals surface area contributed by atoms with Crippen LogP contribution in [0.15, 0.2) is 51.7 Å². The van der Waals surface area contributed by atoms with E-state index in [9.17, 15) is 8.42 Å². The van der Waals surface area contributed by atoms with Gasteiger partial charge in [-0.3, -0.25) is 0 Å². The zero-order chi connectivity index (χ0) is 15.8. The first-order chi connectivity index (χ1) is 11.1. The molecule has 4 aliphatic rings. The first-order valence-electron chi connectivity index (χ1n) is 8.26. The van der Waals surface area contributed by atoms with Gasteiger partial charge in [0.25, 0.3) is 10.0 Å². The lowest BCUT2D eigenvalue weighted by Gasteiger charge is -2.35. The van der Waals surface area contributed by atoms with Crippen molar-refractivity contribution in [1.82, 2.24) is 4.41 Å². The van der Waals surface area contributed by atoms with Crippen LogP contribution in [-0.2, 0) is 10.0 Å². The summed E-state index contributed by atoms with van der Waals surface area (Å²) in [5.74, 6) is 2.03. The summed E-state index contributed by atoms with van der Waals surface area (Å²) in [6, 6.07) is 6.96. The summed E-state index contributed by atoms with van der Waals surface area (Å²) in [5.41, 5.74) is 1.05. The molecular weight excluding hydrogens is 310 g/mol. The summed E-state index contributed by atoms with van der Waals surface area (Å²) in [7, 11) is -3.61. The molecule has 2 bridgehead atoms. The zero-order valence-corrected chi connectivity index (χ0v) is 13.7. The second-order valence-corrected chi connectivity index (χ2v) is 9.04. The Balaban J connectivity index is 1.51. The van der Waals surface area contributed by atoms with Crippen LogP contribution < -0.4 is 0 Å². The van der Waals surface area contributed by atoms with Gasteiger partial charge in [-0.2, -0.15) is 17.9 Å². The van der Waals surface area contributed by atoms with Gasteiger partial charge >= 0.3 is 0 Å². The third-order valence-electron chi connectivity index (χ3n) is 6.17.